The molecule has 17 heavy (non-hydrogen) atoms. The lowest BCUT2D eigenvalue weighted by Gasteiger charge is -2.27. The van der Waals surface area contributed by atoms with Crippen LogP contribution in [0.2, 0.25) is 5.02 Å². The Balaban J connectivity index is 2.76. The van der Waals surface area contributed by atoms with Crippen LogP contribution in [0.25, 0.3) is 0 Å². The lowest BCUT2D eigenvalue weighted by atomic mass is 9.85. The Hall–Kier alpha value is -1.16. The van der Waals surface area contributed by atoms with E-state index in [9.17, 15) is 13.6 Å². The number of aryl methyl sites for hydroxylation is 1. The third kappa shape index (κ3) is 1.90. The summed E-state index contributed by atoms with van der Waals surface area (Å²) in [6.45, 7) is 0. The molecule has 0 fully saturated rings. The Morgan fingerprint density at radius 1 is 1.53 bits per heavy atom. The van der Waals surface area contributed by atoms with E-state index < -0.39 is 5.92 Å². The van der Waals surface area contributed by atoms with Gasteiger partial charge in [-0.15, -0.1) is 0 Å². The van der Waals surface area contributed by atoms with Crippen molar-refractivity contribution in [3.05, 3.63) is 27.8 Å². The Labute approximate surface area is 103 Å². The predicted molar refractivity (Wildman–Crippen MR) is 60.2 cm³/mol. The highest BCUT2D eigenvalue weighted by Crippen LogP contribution is 2.46. The van der Waals surface area contributed by atoms with Crippen LogP contribution in [0.1, 0.15) is 34.3 Å². The normalized spacial score (nSPS) is 17.4. The fourth-order valence-electron chi connectivity index (χ4n) is 2.28. The first-order chi connectivity index (χ1) is 8.01. The second-order valence-electron chi connectivity index (χ2n) is 4.02. The third-order valence-electron chi connectivity index (χ3n) is 2.98. The summed E-state index contributed by atoms with van der Waals surface area (Å²) in [7, 11) is 1.31. The van der Waals surface area contributed by atoms with E-state index in [0.717, 1.165) is 0 Å². The number of carbonyl (C=O) groups excluding carboxylic acids is 1. The number of aldehydes is 1. The van der Waals surface area contributed by atoms with Crippen molar-refractivity contribution in [1.29, 1.82) is 0 Å². The Kier molecular flexibility index (Phi) is 3.08. The summed E-state index contributed by atoms with van der Waals surface area (Å²) in [5.41, 5.74) is 0.0915. The van der Waals surface area contributed by atoms with Gasteiger partial charge in [0.05, 0.1) is 17.7 Å². The van der Waals surface area contributed by atoms with Gasteiger partial charge < -0.3 is 4.74 Å². The minimum absolute atomic E-state index is 0.0296. The molecule has 5 heteroatoms. The molecule has 0 radical (unpaired) electrons. The van der Waals surface area contributed by atoms with Gasteiger partial charge in [0.15, 0.2) is 6.29 Å². The average molecular weight is 261 g/mol. The first-order valence-electron chi connectivity index (χ1n) is 5.24. The Morgan fingerprint density at radius 3 is 2.82 bits per heavy atom. The van der Waals surface area contributed by atoms with Gasteiger partial charge >= 0.3 is 0 Å². The van der Waals surface area contributed by atoms with Crippen LogP contribution in [0.4, 0.5) is 8.78 Å². The third-order valence-corrected chi connectivity index (χ3v) is 3.26. The van der Waals surface area contributed by atoms with Gasteiger partial charge in [0.25, 0.3) is 5.92 Å². The van der Waals surface area contributed by atoms with Crippen molar-refractivity contribution in [2.75, 3.05) is 7.11 Å². The van der Waals surface area contributed by atoms with Crippen molar-refractivity contribution in [3.63, 3.8) is 0 Å². The molecule has 92 valence electrons. The second kappa shape index (κ2) is 4.26. The summed E-state index contributed by atoms with van der Waals surface area (Å²) in [5.74, 6) is -2.95. The number of fused-ring (bicyclic) bond motifs is 1. The summed E-state index contributed by atoms with van der Waals surface area (Å²) >= 11 is 5.91. The van der Waals surface area contributed by atoms with Gasteiger partial charge in [-0.2, -0.15) is 0 Å². The highest BCUT2D eigenvalue weighted by atomic mass is 35.5. The zero-order valence-electron chi connectivity index (χ0n) is 9.23. The molecule has 0 bridgehead atoms. The molecule has 0 spiro atoms. The maximum atomic E-state index is 13.8. The van der Waals surface area contributed by atoms with Gasteiger partial charge in [-0.05, 0) is 24.5 Å². The van der Waals surface area contributed by atoms with E-state index in [2.05, 4.69) is 0 Å². The molecule has 0 aliphatic heterocycles. The Bertz CT molecular complexity index is 472. The van der Waals surface area contributed by atoms with Crippen molar-refractivity contribution in [2.24, 2.45) is 0 Å². The van der Waals surface area contributed by atoms with Gasteiger partial charge in [-0.3, -0.25) is 4.79 Å². The summed E-state index contributed by atoms with van der Waals surface area (Å²) in [6, 6.07) is 1.47. The highest BCUT2D eigenvalue weighted by molar-refractivity contribution is 6.32. The predicted octanol–water partition coefficient (Wildman–Crippen LogP) is 3.59. The second-order valence-corrected chi connectivity index (χ2v) is 4.42. The topological polar surface area (TPSA) is 26.3 Å². The summed E-state index contributed by atoms with van der Waals surface area (Å²) in [5, 5.41) is 0.200. The van der Waals surface area contributed by atoms with Crippen LogP contribution >= 0.6 is 11.6 Å². The van der Waals surface area contributed by atoms with Crippen LogP contribution in [0.3, 0.4) is 0 Å². The van der Waals surface area contributed by atoms with Gasteiger partial charge in [-0.25, -0.2) is 8.78 Å². The van der Waals surface area contributed by atoms with E-state index in [0.29, 0.717) is 24.7 Å². The molecule has 1 aromatic carbocycles. The zero-order valence-corrected chi connectivity index (χ0v) is 9.98. The van der Waals surface area contributed by atoms with Gasteiger partial charge in [0.1, 0.15) is 5.75 Å². The minimum atomic E-state index is -2.98. The molecule has 1 aliphatic carbocycles. The van der Waals surface area contributed by atoms with Gasteiger partial charge in [-0.1, -0.05) is 11.6 Å². The van der Waals surface area contributed by atoms with E-state index in [1.165, 1.54) is 13.2 Å². The smallest absolute Gasteiger partial charge is 0.274 e. The first-order valence-corrected chi connectivity index (χ1v) is 5.62. The number of hydrogen-bond donors (Lipinski definition) is 0. The number of alkyl halides is 2. The molecular formula is C12H11ClF2O2. The molecule has 2 rings (SSSR count). The van der Waals surface area contributed by atoms with Crippen LogP contribution in [0.5, 0.6) is 5.75 Å². The molecule has 0 aromatic heterocycles. The van der Waals surface area contributed by atoms with E-state index in [1.807, 2.05) is 0 Å². The standard InChI is InChI=1S/C12H11ClF2O2/c1-17-11-8(6-16)10-7(5-9(11)13)3-2-4-12(10,14)15/h5-6H,2-4H2,1H3. The first kappa shape index (κ1) is 12.3. The molecule has 0 heterocycles. The minimum Gasteiger partial charge on any atom is -0.494 e. The van der Waals surface area contributed by atoms with Crippen LogP contribution < -0.4 is 4.74 Å². The number of hydrogen-bond acceptors (Lipinski definition) is 2. The maximum Gasteiger partial charge on any atom is 0.274 e. The molecule has 1 aliphatic rings. The van der Waals surface area contributed by atoms with Crippen LogP contribution in [-0.2, 0) is 12.3 Å². The maximum absolute atomic E-state index is 13.8. The van der Waals surface area contributed by atoms with Crippen molar-refractivity contribution in [1.82, 2.24) is 0 Å². The molecule has 2 nitrogen and oxygen atoms in total. The molecule has 1 aromatic rings. The van der Waals surface area contributed by atoms with E-state index in [4.69, 9.17) is 16.3 Å². The van der Waals surface area contributed by atoms with Gasteiger partial charge in [0.2, 0.25) is 0 Å². The quantitative estimate of drug-likeness (QED) is 0.760. The van der Waals surface area contributed by atoms with Crippen LogP contribution in [0.15, 0.2) is 6.07 Å². The molecule has 0 amide bonds. The molecule has 0 atom stereocenters. The molecule has 0 unspecified atom stereocenters. The SMILES string of the molecule is COc1c(Cl)cc2c(c1C=O)C(F)(F)CCC2. The van der Waals surface area contributed by atoms with Gasteiger partial charge in [0, 0.05) is 12.0 Å². The lowest BCUT2D eigenvalue weighted by molar-refractivity contribution is -0.0223. The van der Waals surface area contributed by atoms with Crippen molar-refractivity contribution < 1.29 is 18.3 Å². The summed E-state index contributed by atoms with van der Waals surface area (Å²) in [4.78, 5) is 11.0. The van der Waals surface area contributed by atoms with Crippen molar-refractivity contribution in [2.45, 2.75) is 25.2 Å². The van der Waals surface area contributed by atoms with Crippen molar-refractivity contribution >= 4 is 17.9 Å². The highest BCUT2D eigenvalue weighted by Gasteiger charge is 2.40. The molecule has 0 N–H and O–H groups in total. The van der Waals surface area contributed by atoms with Crippen LogP contribution in [0, 0.1) is 0 Å². The number of ether oxygens (including phenoxy) is 1. The van der Waals surface area contributed by atoms with E-state index in [-0.39, 0.29) is 28.3 Å². The molecule has 0 saturated heterocycles. The summed E-state index contributed by atoms with van der Waals surface area (Å²) < 4.78 is 32.6. The molecular weight excluding hydrogens is 250 g/mol. The Morgan fingerprint density at radius 2 is 2.24 bits per heavy atom. The monoisotopic (exact) mass is 260 g/mol. The van der Waals surface area contributed by atoms with Crippen LogP contribution in [-0.4, -0.2) is 13.4 Å². The number of halogens is 3. The van der Waals surface area contributed by atoms with E-state index in [1.54, 1.807) is 0 Å². The number of benzene rings is 1. The molecule has 0 saturated carbocycles. The number of carbonyl (C=O) groups is 1. The zero-order chi connectivity index (χ0) is 12.6. The fourth-order valence-corrected chi connectivity index (χ4v) is 2.59. The summed E-state index contributed by atoms with van der Waals surface area (Å²) in [6.07, 6.45) is 1.05. The fraction of sp³-hybridized carbons (Fsp3) is 0.417. The van der Waals surface area contributed by atoms with E-state index >= 15 is 0 Å². The average Bonchev–Trinajstić information content (AvgIpc) is 2.26. The van der Waals surface area contributed by atoms with Crippen molar-refractivity contribution in [3.8, 4) is 5.75 Å². The largest absolute Gasteiger partial charge is 0.494 e. The lowest BCUT2D eigenvalue weighted by Crippen LogP contribution is -2.23. The number of methoxy groups -OCH3 is 1. The number of rotatable bonds is 2.